The Labute approximate surface area is 111 Å². The van der Waals surface area contributed by atoms with E-state index in [2.05, 4.69) is 0 Å². The van der Waals surface area contributed by atoms with E-state index >= 15 is 0 Å². The molecule has 1 aromatic rings. The largest absolute Gasteiger partial charge is 0.339 e. The Hall–Kier alpha value is -1.47. The van der Waals surface area contributed by atoms with Crippen LogP contribution in [0.15, 0.2) is 23.1 Å². The van der Waals surface area contributed by atoms with Crippen LogP contribution >= 0.6 is 0 Å². The molecule has 1 aromatic carbocycles. The monoisotopic (exact) mass is 286 g/mol. The third-order valence-corrected chi connectivity index (χ3v) is 4.35. The van der Waals surface area contributed by atoms with Crippen molar-refractivity contribution in [3.05, 3.63) is 29.6 Å². The summed E-state index contributed by atoms with van der Waals surface area (Å²) in [4.78, 5) is 13.2. The summed E-state index contributed by atoms with van der Waals surface area (Å²) in [6.45, 7) is 0. The maximum Gasteiger partial charge on any atom is 0.256 e. The van der Waals surface area contributed by atoms with E-state index in [0.717, 1.165) is 37.5 Å². The first-order chi connectivity index (χ1) is 8.80. The fraction of sp³-hybridized carbons (Fsp3) is 0.417. The number of hydrogen-bond donors (Lipinski definition) is 1. The minimum absolute atomic E-state index is 0.137. The summed E-state index contributed by atoms with van der Waals surface area (Å²) in [5.41, 5.74) is -0.137. The lowest BCUT2D eigenvalue weighted by atomic mass is 9.91. The van der Waals surface area contributed by atoms with Crippen molar-refractivity contribution in [2.45, 2.75) is 30.2 Å². The lowest BCUT2D eigenvalue weighted by Gasteiger charge is -2.34. The number of halogens is 1. The van der Waals surface area contributed by atoms with Gasteiger partial charge in [0.15, 0.2) is 0 Å². The average molecular weight is 286 g/mol. The van der Waals surface area contributed by atoms with Gasteiger partial charge in [0, 0.05) is 13.1 Å². The third kappa shape index (κ3) is 2.76. The van der Waals surface area contributed by atoms with Gasteiger partial charge in [0.1, 0.15) is 5.82 Å². The smallest absolute Gasteiger partial charge is 0.256 e. The predicted octanol–water partition coefficient (Wildman–Crippen LogP) is 1.10. The molecule has 0 bridgehead atoms. The fourth-order valence-electron chi connectivity index (χ4n) is 1.98. The second-order valence-electron chi connectivity index (χ2n) is 4.69. The molecule has 5 nitrogen and oxygen atoms in total. The molecule has 1 aliphatic rings. The fourth-order valence-corrected chi connectivity index (χ4v) is 2.50. The minimum atomic E-state index is -3.96. The molecule has 2 rings (SSSR count). The van der Waals surface area contributed by atoms with E-state index in [1.54, 1.807) is 7.05 Å². The van der Waals surface area contributed by atoms with Crippen LogP contribution < -0.4 is 5.14 Å². The Balaban J connectivity index is 2.28. The summed E-state index contributed by atoms with van der Waals surface area (Å²) < 4.78 is 36.0. The SMILES string of the molecule is CN(C(=O)c1ccc(S(N)(=O)=O)cc1F)C1CCC1. The van der Waals surface area contributed by atoms with Crippen molar-refractivity contribution in [3.8, 4) is 0 Å². The minimum Gasteiger partial charge on any atom is -0.339 e. The molecule has 7 heteroatoms. The van der Waals surface area contributed by atoms with E-state index in [9.17, 15) is 17.6 Å². The van der Waals surface area contributed by atoms with Crippen molar-refractivity contribution in [1.82, 2.24) is 4.90 Å². The van der Waals surface area contributed by atoms with E-state index in [0.29, 0.717) is 0 Å². The van der Waals surface area contributed by atoms with Crippen LogP contribution in [0.5, 0.6) is 0 Å². The quantitative estimate of drug-likeness (QED) is 0.903. The number of rotatable bonds is 3. The number of nitrogens with zero attached hydrogens (tertiary/aromatic N) is 1. The number of benzene rings is 1. The molecule has 1 aliphatic carbocycles. The number of primary sulfonamides is 1. The van der Waals surface area contributed by atoms with Gasteiger partial charge in [0.25, 0.3) is 5.91 Å². The van der Waals surface area contributed by atoms with Crippen LogP contribution in [0.3, 0.4) is 0 Å². The van der Waals surface area contributed by atoms with Gasteiger partial charge in [-0.05, 0) is 37.5 Å². The van der Waals surface area contributed by atoms with E-state index in [1.165, 1.54) is 4.90 Å². The molecule has 0 aliphatic heterocycles. The van der Waals surface area contributed by atoms with Crippen LogP contribution in [0.25, 0.3) is 0 Å². The van der Waals surface area contributed by atoms with Crippen molar-refractivity contribution >= 4 is 15.9 Å². The standard InChI is InChI=1S/C12H15FN2O3S/c1-15(8-3-2-4-8)12(16)10-6-5-9(7-11(10)13)19(14,17)18/h5-8H,2-4H2,1H3,(H2,14,17,18). The summed E-state index contributed by atoms with van der Waals surface area (Å²) in [6.07, 6.45) is 2.90. The van der Waals surface area contributed by atoms with Crippen LogP contribution in [0.2, 0.25) is 0 Å². The molecule has 0 aromatic heterocycles. The second-order valence-corrected chi connectivity index (χ2v) is 6.25. The highest BCUT2D eigenvalue weighted by atomic mass is 32.2. The van der Waals surface area contributed by atoms with E-state index in [-0.39, 0.29) is 16.5 Å². The summed E-state index contributed by atoms with van der Waals surface area (Å²) in [7, 11) is -2.34. The first kappa shape index (κ1) is 14.0. The molecule has 2 N–H and O–H groups in total. The summed E-state index contributed by atoms with van der Waals surface area (Å²) in [5, 5.41) is 4.90. The molecule has 1 saturated carbocycles. The first-order valence-corrected chi connectivity index (χ1v) is 7.45. The molecule has 1 fully saturated rings. The average Bonchev–Trinajstić information content (AvgIpc) is 2.24. The maximum absolute atomic E-state index is 13.8. The lowest BCUT2D eigenvalue weighted by molar-refractivity contribution is 0.0647. The molecular weight excluding hydrogens is 271 g/mol. The molecule has 0 spiro atoms. The highest BCUT2D eigenvalue weighted by Gasteiger charge is 2.28. The number of nitrogens with two attached hydrogens (primary N) is 1. The van der Waals surface area contributed by atoms with Crippen LogP contribution in [0, 0.1) is 5.82 Å². The van der Waals surface area contributed by atoms with Crippen LogP contribution in [0.1, 0.15) is 29.6 Å². The van der Waals surface area contributed by atoms with Gasteiger partial charge in [-0.25, -0.2) is 17.9 Å². The predicted molar refractivity (Wildman–Crippen MR) is 67.5 cm³/mol. The number of amides is 1. The van der Waals surface area contributed by atoms with E-state index in [4.69, 9.17) is 5.14 Å². The van der Waals surface area contributed by atoms with Crippen molar-refractivity contribution in [3.63, 3.8) is 0 Å². The molecule has 0 atom stereocenters. The first-order valence-electron chi connectivity index (χ1n) is 5.90. The Morgan fingerprint density at radius 2 is 2.05 bits per heavy atom. The van der Waals surface area contributed by atoms with Crippen LogP contribution in [-0.2, 0) is 10.0 Å². The zero-order valence-corrected chi connectivity index (χ0v) is 11.3. The summed E-state index contributed by atoms with van der Waals surface area (Å²) in [6, 6.07) is 3.22. The van der Waals surface area contributed by atoms with Gasteiger partial charge >= 0.3 is 0 Å². The highest BCUT2D eigenvalue weighted by Crippen LogP contribution is 2.25. The van der Waals surface area contributed by atoms with Gasteiger partial charge < -0.3 is 4.90 Å². The molecule has 19 heavy (non-hydrogen) atoms. The number of carbonyl (C=O) groups is 1. The number of sulfonamides is 1. The normalized spacial score (nSPS) is 15.9. The number of hydrogen-bond acceptors (Lipinski definition) is 3. The zero-order valence-electron chi connectivity index (χ0n) is 10.5. The Bertz CT molecular complexity index is 611. The van der Waals surface area contributed by atoms with Crippen LogP contribution in [-0.4, -0.2) is 32.3 Å². The summed E-state index contributed by atoms with van der Waals surface area (Å²) in [5.74, 6) is -1.31. The van der Waals surface area contributed by atoms with Gasteiger partial charge in [-0.2, -0.15) is 0 Å². The topological polar surface area (TPSA) is 80.5 Å². The number of carbonyl (C=O) groups excluding carboxylic acids is 1. The van der Waals surface area contributed by atoms with Gasteiger partial charge in [-0.1, -0.05) is 0 Å². The lowest BCUT2D eigenvalue weighted by Crippen LogP contribution is -2.41. The van der Waals surface area contributed by atoms with Crippen molar-refractivity contribution in [1.29, 1.82) is 0 Å². The van der Waals surface area contributed by atoms with Crippen molar-refractivity contribution < 1.29 is 17.6 Å². The van der Waals surface area contributed by atoms with E-state index < -0.39 is 21.7 Å². The Morgan fingerprint density at radius 3 is 2.47 bits per heavy atom. The molecular formula is C12H15FN2O3S. The highest BCUT2D eigenvalue weighted by molar-refractivity contribution is 7.89. The summed E-state index contributed by atoms with van der Waals surface area (Å²) >= 11 is 0. The molecule has 0 saturated heterocycles. The van der Waals surface area contributed by atoms with Gasteiger partial charge in [0.05, 0.1) is 10.5 Å². The van der Waals surface area contributed by atoms with Gasteiger partial charge in [-0.15, -0.1) is 0 Å². The molecule has 0 heterocycles. The Morgan fingerprint density at radius 1 is 1.42 bits per heavy atom. The Kier molecular flexibility index (Phi) is 3.60. The van der Waals surface area contributed by atoms with Crippen molar-refractivity contribution in [2.24, 2.45) is 5.14 Å². The van der Waals surface area contributed by atoms with E-state index in [1.807, 2.05) is 0 Å². The molecule has 0 radical (unpaired) electrons. The zero-order chi connectivity index (χ0) is 14.2. The maximum atomic E-state index is 13.8. The van der Waals surface area contributed by atoms with Gasteiger partial charge in [0.2, 0.25) is 10.0 Å². The molecule has 0 unspecified atom stereocenters. The second kappa shape index (κ2) is 4.90. The van der Waals surface area contributed by atoms with Gasteiger partial charge in [-0.3, -0.25) is 4.79 Å². The molecule has 1 amide bonds. The van der Waals surface area contributed by atoms with Crippen molar-refractivity contribution in [2.75, 3.05) is 7.05 Å². The third-order valence-electron chi connectivity index (χ3n) is 3.44. The molecule has 104 valence electrons. The van der Waals surface area contributed by atoms with Crippen LogP contribution in [0.4, 0.5) is 4.39 Å².